The summed E-state index contributed by atoms with van der Waals surface area (Å²) in [7, 11) is 0. The maximum Gasteiger partial charge on any atom is 0.332 e. The van der Waals surface area contributed by atoms with Crippen LogP contribution in [-0.4, -0.2) is 68.0 Å². The Balaban J connectivity index is 5.29. The van der Waals surface area contributed by atoms with Crippen LogP contribution >= 0.6 is 0 Å². The molecule has 2 unspecified atom stereocenters. The molecule has 18 heavy (non-hydrogen) atoms. The highest BCUT2D eigenvalue weighted by Gasteiger charge is 2.24. The first-order valence-corrected chi connectivity index (χ1v) is 5.09. The van der Waals surface area contributed by atoms with Gasteiger partial charge in [0.05, 0.1) is 36.6 Å². The SMILES string of the molecule is O=C(O)/C(CC(O)CO)=C(\CC(O)CO)C(=O)O. The molecular weight excluding hydrogens is 248 g/mol. The van der Waals surface area contributed by atoms with Gasteiger partial charge in [-0.2, -0.15) is 0 Å². The van der Waals surface area contributed by atoms with E-state index in [2.05, 4.69) is 0 Å². The molecule has 0 aromatic rings. The molecule has 0 aromatic carbocycles. The summed E-state index contributed by atoms with van der Waals surface area (Å²) >= 11 is 0. The zero-order chi connectivity index (χ0) is 14.3. The van der Waals surface area contributed by atoms with Crippen LogP contribution in [0.4, 0.5) is 0 Å². The summed E-state index contributed by atoms with van der Waals surface area (Å²) in [6, 6.07) is 0. The molecule has 0 aliphatic rings. The van der Waals surface area contributed by atoms with Crippen molar-refractivity contribution >= 4 is 11.9 Å². The van der Waals surface area contributed by atoms with Crippen LogP contribution in [0.2, 0.25) is 0 Å². The molecule has 6 N–H and O–H groups in total. The minimum atomic E-state index is -1.56. The molecule has 0 saturated carbocycles. The maximum atomic E-state index is 10.9. The Morgan fingerprint density at radius 2 is 1.06 bits per heavy atom. The normalized spacial score (nSPS) is 15.8. The Hall–Kier alpha value is -1.48. The van der Waals surface area contributed by atoms with Crippen molar-refractivity contribution in [2.24, 2.45) is 0 Å². The molecule has 0 amide bonds. The van der Waals surface area contributed by atoms with Crippen molar-refractivity contribution in [1.29, 1.82) is 0 Å². The fraction of sp³-hybridized carbons (Fsp3) is 0.600. The number of carbonyl (C=O) groups is 2. The second-order valence-corrected chi connectivity index (χ2v) is 3.65. The van der Waals surface area contributed by atoms with Gasteiger partial charge in [0.1, 0.15) is 0 Å². The van der Waals surface area contributed by atoms with Gasteiger partial charge in [0.15, 0.2) is 0 Å². The number of carboxylic acid groups (broad SMARTS) is 2. The van der Waals surface area contributed by atoms with Crippen molar-refractivity contribution in [2.75, 3.05) is 13.2 Å². The van der Waals surface area contributed by atoms with Crippen molar-refractivity contribution in [3.63, 3.8) is 0 Å². The average molecular weight is 264 g/mol. The van der Waals surface area contributed by atoms with Gasteiger partial charge in [0.2, 0.25) is 0 Å². The first-order valence-electron chi connectivity index (χ1n) is 5.09. The van der Waals surface area contributed by atoms with Crippen LogP contribution in [0.5, 0.6) is 0 Å². The second-order valence-electron chi connectivity index (χ2n) is 3.65. The van der Waals surface area contributed by atoms with Crippen LogP contribution < -0.4 is 0 Å². The Morgan fingerprint density at radius 3 is 1.22 bits per heavy atom. The van der Waals surface area contributed by atoms with Crippen molar-refractivity contribution in [3.8, 4) is 0 Å². The number of aliphatic carboxylic acids is 2. The van der Waals surface area contributed by atoms with E-state index in [1.807, 2.05) is 0 Å². The quantitative estimate of drug-likeness (QED) is 0.273. The molecule has 0 fully saturated rings. The Morgan fingerprint density at radius 1 is 0.778 bits per heavy atom. The summed E-state index contributed by atoms with van der Waals surface area (Å²) in [5, 5.41) is 53.2. The molecule has 0 aliphatic carbocycles. The highest BCUT2D eigenvalue weighted by atomic mass is 16.4. The summed E-state index contributed by atoms with van der Waals surface area (Å²) in [6.07, 6.45) is -3.94. The maximum absolute atomic E-state index is 10.9. The molecule has 0 aromatic heterocycles. The highest BCUT2D eigenvalue weighted by molar-refractivity contribution is 5.98. The van der Waals surface area contributed by atoms with E-state index < -0.39 is 61.3 Å². The summed E-state index contributed by atoms with van der Waals surface area (Å²) in [5.74, 6) is -3.13. The monoisotopic (exact) mass is 264 g/mol. The smallest absolute Gasteiger partial charge is 0.332 e. The van der Waals surface area contributed by atoms with Crippen molar-refractivity contribution in [3.05, 3.63) is 11.1 Å². The van der Waals surface area contributed by atoms with Crippen molar-refractivity contribution < 1.29 is 40.2 Å². The largest absolute Gasteiger partial charge is 0.478 e. The van der Waals surface area contributed by atoms with Gasteiger partial charge in [-0.05, 0) is 0 Å². The molecule has 0 heterocycles. The van der Waals surface area contributed by atoms with E-state index in [1.165, 1.54) is 0 Å². The lowest BCUT2D eigenvalue weighted by atomic mass is 9.97. The van der Waals surface area contributed by atoms with Gasteiger partial charge in [0.25, 0.3) is 0 Å². The van der Waals surface area contributed by atoms with Crippen LogP contribution in [0, 0.1) is 0 Å². The van der Waals surface area contributed by atoms with Gasteiger partial charge in [-0.15, -0.1) is 0 Å². The van der Waals surface area contributed by atoms with Gasteiger partial charge in [-0.25, -0.2) is 9.59 Å². The Bertz CT molecular complexity index is 303. The van der Waals surface area contributed by atoms with Crippen LogP contribution in [-0.2, 0) is 9.59 Å². The number of aliphatic hydroxyl groups is 4. The highest BCUT2D eigenvalue weighted by Crippen LogP contribution is 2.17. The molecule has 8 nitrogen and oxygen atoms in total. The van der Waals surface area contributed by atoms with E-state index in [-0.39, 0.29) is 0 Å². The van der Waals surface area contributed by atoms with E-state index >= 15 is 0 Å². The van der Waals surface area contributed by atoms with E-state index in [0.717, 1.165) is 0 Å². The minimum absolute atomic E-state index is 0.564. The Kier molecular flexibility index (Phi) is 7.13. The van der Waals surface area contributed by atoms with Gasteiger partial charge >= 0.3 is 11.9 Å². The third-order valence-electron chi connectivity index (χ3n) is 2.18. The molecule has 0 bridgehead atoms. The lowest BCUT2D eigenvalue weighted by molar-refractivity contribution is -0.136. The van der Waals surface area contributed by atoms with E-state index in [9.17, 15) is 9.59 Å². The molecule has 0 aliphatic heterocycles. The predicted molar refractivity (Wildman–Crippen MR) is 57.7 cm³/mol. The fourth-order valence-electron chi connectivity index (χ4n) is 1.28. The molecule has 0 spiro atoms. The van der Waals surface area contributed by atoms with E-state index in [4.69, 9.17) is 30.6 Å². The molecular formula is C10H16O8. The predicted octanol–water partition coefficient (Wildman–Crippen LogP) is -2.06. The number of aliphatic hydroxyl groups excluding tert-OH is 4. The lowest BCUT2D eigenvalue weighted by Gasteiger charge is -2.13. The summed E-state index contributed by atoms with van der Waals surface area (Å²) in [4.78, 5) is 21.8. The van der Waals surface area contributed by atoms with Crippen LogP contribution in [0.15, 0.2) is 11.1 Å². The van der Waals surface area contributed by atoms with Crippen LogP contribution in [0.1, 0.15) is 12.8 Å². The number of rotatable bonds is 8. The van der Waals surface area contributed by atoms with Crippen LogP contribution in [0.3, 0.4) is 0 Å². The standard InChI is InChI=1S/C10H16O8/c11-3-5(13)1-7(9(15)16)8(10(17)18)2-6(14)4-12/h5-6,11-14H,1-4H2,(H,15,16)(H,17,18)/b8-7+. The van der Waals surface area contributed by atoms with Gasteiger partial charge in [-0.3, -0.25) is 0 Å². The van der Waals surface area contributed by atoms with Gasteiger partial charge in [0, 0.05) is 12.8 Å². The summed E-state index contributed by atoms with van der Waals surface area (Å²) in [6.45, 7) is -1.43. The molecule has 0 saturated heterocycles. The molecule has 104 valence electrons. The second kappa shape index (κ2) is 7.77. The topological polar surface area (TPSA) is 156 Å². The zero-order valence-corrected chi connectivity index (χ0v) is 9.48. The summed E-state index contributed by atoms with van der Waals surface area (Å²) in [5.41, 5.74) is -1.23. The molecule has 0 radical (unpaired) electrons. The number of hydrogen-bond donors (Lipinski definition) is 6. The third kappa shape index (κ3) is 5.23. The fourth-order valence-corrected chi connectivity index (χ4v) is 1.28. The zero-order valence-electron chi connectivity index (χ0n) is 9.48. The van der Waals surface area contributed by atoms with E-state index in [1.54, 1.807) is 0 Å². The van der Waals surface area contributed by atoms with Crippen molar-refractivity contribution in [1.82, 2.24) is 0 Å². The Labute approximate surface area is 102 Å². The first-order chi connectivity index (χ1) is 8.33. The molecule has 8 heteroatoms. The number of hydrogen-bond acceptors (Lipinski definition) is 6. The lowest BCUT2D eigenvalue weighted by Crippen LogP contribution is -2.23. The van der Waals surface area contributed by atoms with Gasteiger partial charge < -0.3 is 30.6 Å². The molecule has 0 rings (SSSR count). The first kappa shape index (κ1) is 16.5. The minimum Gasteiger partial charge on any atom is -0.478 e. The van der Waals surface area contributed by atoms with Crippen molar-refractivity contribution in [2.45, 2.75) is 25.0 Å². The third-order valence-corrected chi connectivity index (χ3v) is 2.18. The molecule has 2 atom stereocenters. The van der Waals surface area contributed by atoms with Gasteiger partial charge in [-0.1, -0.05) is 0 Å². The van der Waals surface area contributed by atoms with Crippen LogP contribution in [0.25, 0.3) is 0 Å². The number of carboxylic acids is 2. The summed E-state index contributed by atoms with van der Waals surface area (Å²) < 4.78 is 0. The van der Waals surface area contributed by atoms with E-state index in [0.29, 0.717) is 0 Å². The average Bonchev–Trinajstić information content (AvgIpc) is 2.31.